The van der Waals surface area contributed by atoms with E-state index in [0.717, 1.165) is 22.7 Å². The molecule has 182 valence electrons. The number of benzene rings is 2. The Morgan fingerprint density at radius 2 is 1.85 bits per heavy atom. The Balaban J connectivity index is 1.59. The van der Waals surface area contributed by atoms with Gasteiger partial charge in [0, 0.05) is 24.7 Å². The second-order valence-electron chi connectivity index (χ2n) is 8.61. The van der Waals surface area contributed by atoms with Gasteiger partial charge in [0.05, 0.1) is 19.3 Å². The highest BCUT2D eigenvalue weighted by Crippen LogP contribution is 2.40. The molecule has 1 fully saturated rings. The summed E-state index contributed by atoms with van der Waals surface area (Å²) in [5, 5.41) is 0. The first kappa shape index (κ1) is 24.1. The molecule has 2 aromatic carbocycles. The predicted octanol–water partition coefficient (Wildman–Crippen LogP) is 3.84. The number of methoxy groups -OCH3 is 1. The first-order valence-corrected chi connectivity index (χ1v) is 13.1. The van der Waals surface area contributed by atoms with Crippen LogP contribution >= 0.6 is 0 Å². The number of hydrogen-bond donors (Lipinski definition) is 0. The molecular weight excluding hydrogens is 456 g/mol. The van der Waals surface area contributed by atoms with E-state index in [2.05, 4.69) is 0 Å². The number of carbonyl (C=O) groups excluding carboxylic acids is 2. The molecule has 0 bridgehead atoms. The third-order valence-corrected chi connectivity index (χ3v) is 7.79. The van der Waals surface area contributed by atoms with Crippen molar-refractivity contribution in [3.63, 3.8) is 0 Å². The second kappa shape index (κ2) is 9.66. The molecule has 0 aromatic heterocycles. The summed E-state index contributed by atoms with van der Waals surface area (Å²) in [6, 6.07) is 9.65. The molecule has 1 saturated carbocycles. The quantitative estimate of drug-likeness (QED) is 0.507. The maximum atomic E-state index is 13.4. The smallest absolute Gasteiger partial charge is 0.269 e. The summed E-state index contributed by atoms with van der Waals surface area (Å²) in [4.78, 5) is 27.6. The molecule has 2 aromatic rings. The van der Waals surface area contributed by atoms with Crippen molar-refractivity contribution in [1.29, 1.82) is 0 Å². The molecule has 0 atom stereocenters. The van der Waals surface area contributed by atoms with Gasteiger partial charge >= 0.3 is 0 Å². The molecule has 0 radical (unpaired) electrons. The van der Waals surface area contributed by atoms with Gasteiger partial charge < -0.3 is 14.4 Å². The topological polar surface area (TPSA) is 93.2 Å². The Morgan fingerprint density at radius 3 is 2.50 bits per heavy atom. The predicted molar refractivity (Wildman–Crippen MR) is 127 cm³/mol. The van der Waals surface area contributed by atoms with Crippen LogP contribution < -0.4 is 9.47 Å². The maximum absolute atomic E-state index is 13.4. The summed E-state index contributed by atoms with van der Waals surface area (Å²) in [5.41, 5.74) is 1.25. The zero-order chi connectivity index (χ0) is 24.5. The summed E-state index contributed by atoms with van der Waals surface area (Å²) >= 11 is 0. The molecule has 1 heterocycles. The van der Waals surface area contributed by atoms with Crippen molar-refractivity contribution in [1.82, 2.24) is 9.21 Å². The van der Waals surface area contributed by atoms with E-state index < -0.39 is 15.9 Å². The number of amides is 2. The lowest BCUT2D eigenvalue weighted by Crippen LogP contribution is -2.32. The minimum atomic E-state index is -3.92. The lowest BCUT2D eigenvalue weighted by atomic mass is 10.1. The van der Waals surface area contributed by atoms with Gasteiger partial charge in [0.25, 0.3) is 21.8 Å². The van der Waals surface area contributed by atoms with E-state index in [1.165, 1.54) is 18.2 Å². The minimum absolute atomic E-state index is 0.0780. The third kappa shape index (κ3) is 4.49. The van der Waals surface area contributed by atoms with Crippen molar-refractivity contribution >= 4 is 21.8 Å². The van der Waals surface area contributed by atoms with Gasteiger partial charge in [0.2, 0.25) is 0 Å². The summed E-state index contributed by atoms with van der Waals surface area (Å²) in [5.74, 6) is 0.453. The molecule has 8 nitrogen and oxygen atoms in total. The van der Waals surface area contributed by atoms with Crippen LogP contribution in [0.1, 0.15) is 65.8 Å². The number of ether oxygens (including phenoxy) is 2. The van der Waals surface area contributed by atoms with Crippen LogP contribution in [0.5, 0.6) is 11.5 Å². The maximum Gasteiger partial charge on any atom is 0.269 e. The van der Waals surface area contributed by atoms with Gasteiger partial charge in [-0.3, -0.25) is 9.59 Å². The molecular formula is C25H30N2O6S. The molecule has 1 aliphatic carbocycles. The Bertz CT molecular complexity index is 1210. The normalized spacial score (nSPS) is 16.3. The number of carbonyl (C=O) groups is 2. The highest BCUT2D eigenvalue weighted by molar-refractivity contribution is 7.90. The standard InChI is InChI=1S/C25H30N2O6S/c1-4-12-26(16-17-6-11-21(33-13-5-2)22(14-17)32-3)24(28)18-7-10-20-23(15-18)34(30,31)27(25(20)29)19-8-9-19/h6-7,10-11,14-15,19H,4-5,8-9,12-13,16H2,1-3H3. The molecule has 0 spiro atoms. The molecule has 4 rings (SSSR count). The van der Waals surface area contributed by atoms with Crippen molar-refractivity contribution in [2.24, 2.45) is 0 Å². The van der Waals surface area contributed by atoms with Crippen molar-refractivity contribution in [2.45, 2.75) is 57.0 Å². The summed E-state index contributed by atoms with van der Waals surface area (Å²) in [7, 11) is -2.35. The Kier molecular flexibility index (Phi) is 6.84. The van der Waals surface area contributed by atoms with Crippen LogP contribution in [0.15, 0.2) is 41.3 Å². The number of sulfonamides is 1. The first-order chi connectivity index (χ1) is 16.3. The van der Waals surface area contributed by atoms with E-state index in [9.17, 15) is 18.0 Å². The molecule has 34 heavy (non-hydrogen) atoms. The molecule has 2 aliphatic rings. The number of rotatable bonds is 10. The van der Waals surface area contributed by atoms with E-state index in [1.807, 2.05) is 32.0 Å². The van der Waals surface area contributed by atoms with Gasteiger partial charge in [-0.25, -0.2) is 12.7 Å². The molecule has 9 heteroatoms. The van der Waals surface area contributed by atoms with Crippen LogP contribution in [0.25, 0.3) is 0 Å². The lowest BCUT2D eigenvalue weighted by molar-refractivity contribution is 0.0741. The number of hydrogen-bond acceptors (Lipinski definition) is 6. The SMILES string of the molecule is CCCOc1ccc(CN(CCC)C(=O)c2ccc3c(c2)S(=O)(=O)N(C2CC2)C3=O)cc1OC. The second-order valence-corrected chi connectivity index (χ2v) is 10.4. The molecule has 0 N–H and O–H groups in total. The van der Waals surface area contributed by atoms with Gasteiger partial charge in [-0.15, -0.1) is 0 Å². The largest absolute Gasteiger partial charge is 0.493 e. The molecule has 0 unspecified atom stereocenters. The van der Waals surface area contributed by atoms with Crippen molar-refractivity contribution in [2.75, 3.05) is 20.3 Å². The van der Waals surface area contributed by atoms with E-state index in [-0.39, 0.29) is 28.0 Å². The molecule has 1 aliphatic heterocycles. The van der Waals surface area contributed by atoms with Crippen LogP contribution in [0.4, 0.5) is 0 Å². The highest BCUT2D eigenvalue weighted by atomic mass is 32.2. The highest BCUT2D eigenvalue weighted by Gasteiger charge is 2.48. The fourth-order valence-corrected chi connectivity index (χ4v) is 5.96. The average molecular weight is 487 g/mol. The van der Waals surface area contributed by atoms with Crippen LogP contribution in [-0.4, -0.2) is 55.7 Å². The van der Waals surface area contributed by atoms with Gasteiger partial charge in [-0.1, -0.05) is 19.9 Å². The third-order valence-electron chi connectivity index (χ3n) is 5.92. The van der Waals surface area contributed by atoms with E-state index >= 15 is 0 Å². The monoisotopic (exact) mass is 486 g/mol. The Morgan fingerprint density at radius 1 is 1.09 bits per heavy atom. The van der Waals surface area contributed by atoms with Crippen LogP contribution in [-0.2, 0) is 16.6 Å². The average Bonchev–Trinajstić information content (AvgIpc) is 3.63. The molecule has 0 saturated heterocycles. The summed E-state index contributed by atoms with van der Waals surface area (Å²) in [6.45, 7) is 5.40. The van der Waals surface area contributed by atoms with E-state index in [4.69, 9.17) is 9.47 Å². The summed E-state index contributed by atoms with van der Waals surface area (Å²) < 4.78 is 38.1. The van der Waals surface area contributed by atoms with Crippen LogP contribution in [0.3, 0.4) is 0 Å². The molecule has 2 amide bonds. The Labute approximate surface area is 200 Å². The van der Waals surface area contributed by atoms with Gasteiger partial charge in [-0.05, 0) is 61.6 Å². The number of fused-ring (bicyclic) bond motifs is 1. The van der Waals surface area contributed by atoms with Gasteiger partial charge in [-0.2, -0.15) is 0 Å². The van der Waals surface area contributed by atoms with Crippen molar-refractivity contribution in [3.05, 3.63) is 53.1 Å². The fraction of sp³-hybridized carbons (Fsp3) is 0.440. The Hall–Kier alpha value is -3.07. The zero-order valence-corrected chi connectivity index (χ0v) is 20.6. The van der Waals surface area contributed by atoms with Crippen molar-refractivity contribution < 1.29 is 27.5 Å². The van der Waals surface area contributed by atoms with Gasteiger partial charge in [0.15, 0.2) is 11.5 Å². The first-order valence-electron chi connectivity index (χ1n) is 11.6. The van der Waals surface area contributed by atoms with Crippen LogP contribution in [0, 0.1) is 0 Å². The van der Waals surface area contributed by atoms with Crippen LogP contribution in [0.2, 0.25) is 0 Å². The van der Waals surface area contributed by atoms with Crippen molar-refractivity contribution in [3.8, 4) is 11.5 Å². The van der Waals surface area contributed by atoms with E-state index in [1.54, 1.807) is 12.0 Å². The lowest BCUT2D eigenvalue weighted by Gasteiger charge is -2.23. The summed E-state index contributed by atoms with van der Waals surface area (Å²) in [6.07, 6.45) is 2.98. The van der Waals surface area contributed by atoms with Gasteiger partial charge in [0.1, 0.15) is 4.90 Å². The zero-order valence-electron chi connectivity index (χ0n) is 19.7. The van der Waals surface area contributed by atoms with E-state index in [0.29, 0.717) is 44.0 Å². The number of nitrogens with zero attached hydrogens (tertiary/aromatic N) is 2. The fourth-order valence-electron chi connectivity index (χ4n) is 4.12. The minimum Gasteiger partial charge on any atom is -0.493 e.